The SMILES string of the molecule is NC(=O)CCC(NC(=O)C(Cc1cnc[nH]1)NC(=O)C(CO)NC(=O)C(N)Cc1ccc(O)cc1)C(=O)O. The number of carboxylic acid groups (broad SMARTS) is 1. The van der Waals surface area contributed by atoms with Crippen LogP contribution < -0.4 is 27.4 Å². The molecule has 1 aromatic heterocycles. The van der Waals surface area contributed by atoms with Crippen LogP contribution in [0.4, 0.5) is 0 Å². The molecule has 0 saturated heterocycles. The molecule has 0 aliphatic heterocycles. The fraction of sp³-hybridized carbons (Fsp3) is 0.391. The molecule has 15 nitrogen and oxygen atoms in total. The predicted molar refractivity (Wildman–Crippen MR) is 131 cm³/mol. The Balaban J connectivity index is 2.08. The largest absolute Gasteiger partial charge is 0.508 e. The summed E-state index contributed by atoms with van der Waals surface area (Å²) in [5.74, 6) is -4.69. The molecule has 4 amide bonds. The van der Waals surface area contributed by atoms with Gasteiger partial charge in [0.25, 0.3) is 0 Å². The maximum absolute atomic E-state index is 12.9. The van der Waals surface area contributed by atoms with E-state index in [1.165, 1.54) is 24.7 Å². The third-order valence-corrected chi connectivity index (χ3v) is 5.45. The fourth-order valence-electron chi connectivity index (χ4n) is 3.37. The molecule has 0 radical (unpaired) electrons. The number of hydrogen-bond acceptors (Lipinski definition) is 9. The Bertz CT molecular complexity index is 1110. The molecule has 15 heteroatoms. The lowest BCUT2D eigenvalue weighted by atomic mass is 10.1. The molecule has 0 spiro atoms. The summed E-state index contributed by atoms with van der Waals surface area (Å²) >= 11 is 0. The van der Waals surface area contributed by atoms with Crippen LogP contribution in [0.5, 0.6) is 5.75 Å². The molecule has 4 atom stereocenters. The number of carbonyl (C=O) groups excluding carboxylic acids is 4. The molecule has 0 aliphatic carbocycles. The summed E-state index contributed by atoms with van der Waals surface area (Å²) in [4.78, 5) is 67.5. The first-order valence-electron chi connectivity index (χ1n) is 11.5. The van der Waals surface area contributed by atoms with Crippen LogP contribution in [0.15, 0.2) is 36.8 Å². The minimum Gasteiger partial charge on any atom is -0.508 e. The molecule has 0 aliphatic rings. The van der Waals surface area contributed by atoms with Gasteiger partial charge in [-0.05, 0) is 30.5 Å². The van der Waals surface area contributed by atoms with Crippen molar-refractivity contribution in [1.82, 2.24) is 25.9 Å². The average molecular weight is 534 g/mol. The molecule has 0 saturated carbocycles. The van der Waals surface area contributed by atoms with Crippen molar-refractivity contribution >= 4 is 29.6 Å². The number of aromatic nitrogens is 2. The van der Waals surface area contributed by atoms with E-state index < -0.39 is 60.4 Å². The number of nitrogens with two attached hydrogens (primary N) is 2. The minimum absolute atomic E-state index is 0.0417. The zero-order valence-corrected chi connectivity index (χ0v) is 20.3. The molecule has 4 unspecified atom stereocenters. The van der Waals surface area contributed by atoms with Gasteiger partial charge in [-0.15, -0.1) is 0 Å². The first-order chi connectivity index (χ1) is 18.0. The van der Waals surface area contributed by atoms with Crippen LogP contribution in [0.3, 0.4) is 0 Å². The third-order valence-electron chi connectivity index (χ3n) is 5.45. The number of imidazole rings is 1. The summed E-state index contributed by atoms with van der Waals surface area (Å²) < 4.78 is 0. The molecular formula is C23H31N7O8. The quantitative estimate of drug-likeness (QED) is 0.112. The van der Waals surface area contributed by atoms with Gasteiger partial charge in [-0.3, -0.25) is 19.2 Å². The Morgan fingerprint density at radius 2 is 1.53 bits per heavy atom. The van der Waals surface area contributed by atoms with E-state index in [-0.39, 0.29) is 31.4 Å². The topological polar surface area (TPSA) is 263 Å². The highest BCUT2D eigenvalue weighted by Gasteiger charge is 2.30. The lowest BCUT2D eigenvalue weighted by molar-refractivity contribution is -0.142. The van der Waals surface area contributed by atoms with E-state index >= 15 is 0 Å². The molecular weight excluding hydrogens is 502 g/mol. The molecule has 0 fully saturated rings. The Labute approximate surface area is 217 Å². The number of phenolic OH excluding ortho intramolecular Hbond substituents is 1. The highest BCUT2D eigenvalue weighted by molar-refractivity contribution is 5.94. The smallest absolute Gasteiger partial charge is 0.326 e. The number of aliphatic hydroxyl groups is 1. The number of benzene rings is 1. The predicted octanol–water partition coefficient (Wildman–Crippen LogP) is -2.98. The Kier molecular flexibility index (Phi) is 11.2. The number of nitrogens with one attached hydrogen (secondary N) is 4. The second-order valence-electron chi connectivity index (χ2n) is 8.47. The Hall–Kier alpha value is -4.50. The van der Waals surface area contributed by atoms with Crippen molar-refractivity contribution in [3.05, 3.63) is 48.0 Å². The lowest BCUT2D eigenvalue weighted by Crippen LogP contribution is -2.58. The van der Waals surface area contributed by atoms with Gasteiger partial charge in [0, 0.05) is 24.7 Å². The van der Waals surface area contributed by atoms with E-state index in [0.717, 1.165) is 0 Å². The number of nitrogens with zero attached hydrogens (tertiary/aromatic N) is 1. The molecule has 2 aromatic rings. The third kappa shape index (κ3) is 9.51. The highest BCUT2D eigenvalue weighted by atomic mass is 16.4. The summed E-state index contributed by atoms with van der Waals surface area (Å²) in [5, 5.41) is 35.4. The van der Waals surface area contributed by atoms with Crippen LogP contribution in [0.1, 0.15) is 24.1 Å². The van der Waals surface area contributed by atoms with Crippen molar-refractivity contribution in [1.29, 1.82) is 0 Å². The monoisotopic (exact) mass is 533 g/mol. The zero-order chi connectivity index (χ0) is 28.2. The van der Waals surface area contributed by atoms with Crippen molar-refractivity contribution in [3.8, 4) is 5.75 Å². The summed E-state index contributed by atoms with van der Waals surface area (Å²) in [7, 11) is 0. The highest BCUT2D eigenvalue weighted by Crippen LogP contribution is 2.11. The van der Waals surface area contributed by atoms with Crippen LogP contribution >= 0.6 is 0 Å². The normalized spacial score (nSPS) is 13.9. The van der Waals surface area contributed by atoms with Crippen molar-refractivity contribution in [2.75, 3.05) is 6.61 Å². The molecule has 1 aromatic carbocycles. The number of rotatable bonds is 15. The van der Waals surface area contributed by atoms with Gasteiger partial charge in [-0.2, -0.15) is 0 Å². The van der Waals surface area contributed by atoms with Crippen molar-refractivity contribution < 1.29 is 39.3 Å². The van der Waals surface area contributed by atoms with Crippen LogP contribution in [0.2, 0.25) is 0 Å². The van der Waals surface area contributed by atoms with Crippen molar-refractivity contribution in [3.63, 3.8) is 0 Å². The van der Waals surface area contributed by atoms with Crippen LogP contribution in [0.25, 0.3) is 0 Å². The second-order valence-corrected chi connectivity index (χ2v) is 8.47. The van der Waals surface area contributed by atoms with Gasteiger partial charge in [-0.1, -0.05) is 12.1 Å². The lowest BCUT2D eigenvalue weighted by Gasteiger charge is -2.24. The van der Waals surface area contributed by atoms with Crippen LogP contribution in [-0.4, -0.2) is 85.7 Å². The Morgan fingerprint density at radius 1 is 0.921 bits per heavy atom. The number of carboxylic acids is 1. The van der Waals surface area contributed by atoms with Gasteiger partial charge in [0.2, 0.25) is 23.6 Å². The van der Waals surface area contributed by atoms with E-state index in [0.29, 0.717) is 11.3 Å². The first-order valence-corrected chi connectivity index (χ1v) is 11.5. The summed E-state index contributed by atoms with van der Waals surface area (Å²) in [5.41, 5.74) is 12.0. The van der Waals surface area contributed by atoms with Gasteiger partial charge >= 0.3 is 5.97 Å². The molecule has 2 rings (SSSR count). The standard InChI is InChI=1S/C23H31N7O8/c24-15(7-12-1-3-14(32)4-2-12)20(34)30-18(10-31)22(36)29-17(8-13-9-26-11-27-13)21(35)28-16(23(37)38)5-6-19(25)33/h1-4,9,11,15-18,31-32H,5-8,10,24H2,(H2,25,33)(H,26,27)(H,28,35)(H,29,36)(H,30,34)(H,37,38). The summed E-state index contributed by atoms with van der Waals surface area (Å²) in [6.07, 6.45) is 2.12. The maximum Gasteiger partial charge on any atom is 0.326 e. The van der Waals surface area contributed by atoms with E-state index in [1.54, 1.807) is 12.1 Å². The number of aliphatic carboxylic acids is 1. The molecule has 38 heavy (non-hydrogen) atoms. The van der Waals surface area contributed by atoms with Gasteiger partial charge in [-0.25, -0.2) is 9.78 Å². The van der Waals surface area contributed by atoms with E-state index in [2.05, 4.69) is 25.9 Å². The number of aromatic hydroxyl groups is 1. The number of H-pyrrole nitrogens is 1. The average Bonchev–Trinajstić information content (AvgIpc) is 3.38. The number of aromatic amines is 1. The second kappa shape index (κ2) is 14.3. The van der Waals surface area contributed by atoms with Gasteiger partial charge in [0.05, 0.1) is 19.0 Å². The number of phenols is 1. The number of hydrogen-bond donors (Lipinski definition) is 9. The van der Waals surface area contributed by atoms with Crippen LogP contribution in [0, 0.1) is 0 Å². The van der Waals surface area contributed by atoms with Gasteiger partial charge < -0.3 is 47.7 Å². The molecule has 1 heterocycles. The Morgan fingerprint density at radius 3 is 2.08 bits per heavy atom. The number of amides is 4. The van der Waals surface area contributed by atoms with Crippen molar-refractivity contribution in [2.45, 2.75) is 49.9 Å². The van der Waals surface area contributed by atoms with E-state index in [9.17, 15) is 39.3 Å². The summed E-state index contributed by atoms with van der Waals surface area (Å²) in [6, 6.07) is 0.645. The van der Waals surface area contributed by atoms with Crippen molar-refractivity contribution in [2.24, 2.45) is 11.5 Å². The number of carbonyl (C=O) groups is 5. The summed E-state index contributed by atoms with van der Waals surface area (Å²) in [6.45, 7) is -0.821. The minimum atomic E-state index is -1.48. The van der Waals surface area contributed by atoms with E-state index in [1.807, 2.05) is 0 Å². The van der Waals surface area contributed by atoms with Gasteiger partial charge in [0.15, 0.2) is 0 Å². The number of aliphatic hydroxyl groups excluding tert-OH is 1. The molecule has 11 N–H and O–H groups in total. The van der Waals surface area contributed by atoms with E-state index in [4.69, 9.17) is 11.5 Å². The molecule has 206 valence electrons. The number of primary amides is 1. The van der Waals surface area contributed by atoms with Crippen LogP contribution in [-0.2, 0) is 36.8 Å². The molecule has 0 bridgehead atoms. The van der Waals surface area contributed by atoms with Gasteiger partial charge in [0.1, 0.15) is 23.9 Å². The zero-order valence-electron chi connectivity index (χ0n) is 20.3. The first kappa shape index (κ1) is 29.7. The maximum atomic E-state index is 12.9. The fourth-order valence-corrected chi connectivity index (χ4v) is 3.37.